The summed E-state index contributed by atoms with van der Waals surface area (Å²) >= 11 is 0. The van der Waals surface area contributed by atoms with Crippen molar-refractivity contribution >= 4 is 17.5 Å². The van der Waals surface area contributed by atoms with Crippen molar-refractivity contribution in [1.82, 2.24) is 9.88 Å². The summed E-state index contributed by atoms with van der Waals surface area (Å²) < 4.78 is 22.8. The molecule has 0 radical (unpaired) electrons. The summed E-state index contributed by atoms with van der Waals surface area (Å²) in [7, 11) is 0. The van der Waals surface area contributed by atoms with Gasteiger partial charge >= 0.3 is 0 Å². The summed E-state index contributed by atoms with van der Waals surface area (Å²) in [6, 6.07) is 9.37. The van der Waals surface area contributed by atoms with Gasteiger partial charge in [-0.1, -0.05) is 0 Å². The Kier molecular flexibility index (Phi) is 6.33. The van der Waals surface area contributed by atoms with E-state index in [1.54, 1.807) is 12.1 Å². The number of furan rings is 1. The number of rotatable bonds is 7. The number of amides is 1. The quantitative estimate of drug-likeness (QED) is 0.547. The van der Waals surface area contributed by atoms with Gasteiger partial charge < -0.3 is 28.5 Å². The third-order valence-corrected chi connectivity index (χ3v) is 6.05. The molecule has 182 valence electrons. The number of ether oxygens (including phenoxy) is 2. The lowest BCUT2D eigenvalue weighted by molar-refractivity contribution is -0.117. The molecule has 1 N–H and O–H groups in total. The van der Waals surface area contributed by atoms with Crippen molar-refractivity contribution in [3.63, 3.8) is 0 Å². The van der Waals surface area contributed by atoms with E-state index in [4.69, 9.17) is 18.3 Å². The number of hydrogen-bond donors (Lipinski definition) is 1. The topological polar surface area (TPSA) is 117 Å². The number of nitriles is 1. The lowest BCUT2D eigenvalue weighted by Gasteiger charge is -2.34. The number of oxazole rings is 1. The van der Waals surface area contributed by atoms with E-state index in [1.165, 1.54) is 6.26 Å². The number of aromatic nitrogens is 1. The van der Waals surface area contributed by atoms with Gasteiger partial charge in [-0.2, -0.15) is 10.2 Å². The molecule has 1 aromatic carbocycles. The first kappa shape index (κ1) is 22.8. The first-order valence-corrected chi connectivity index (χ1v) is 11.7. The lowest BCUT2D eigenvalue weighted by Crippen LogP contribution is -2.48. The van der Waals surface area contributed by atoms with Crippen LogP contribution in [0.1, 0.15) is 25.1 Å². The Morgan fingerprint density at radius 1 is 1.31 bits per heavy atom. The molecule has 2 aromatic heterocycles. The van der Waals surface area contributed by atoms with Crippen molar-refractivity contribution in [3.05, 3.63) is 41.8 Å². The van der Waals surface area contributed by atoms with Crippen molar-refractivity contribution in [2.24, 2.45) is 0 Å². The monoisotopic (exact) mass is 477 g/mol. The highest BCUT2D eigenvalue weighted by Crippen LogP contribution is 2.38. The van der Waals surface area contributed by atoms with Crippen molar-refractivity contribution in [2.45, 2.75) is 26.4 Å². The van der Waals surface area contributed by atoms with E-state index < -0.39 is 0 Å². The Morgan fingerprint density at radius 2 is 2.14 bits per heavy atom. The van der Waals surface area contributed by atoms with E-state index >= 15 is 0 Å². The van der Waals surface area contributed by atoms with E-state index in [0.717, 1.165) is 17.7 Å². The van der Waals surface area contributed by atoms with Gasteiger partial charge in [-0.05, 0) is 32.0 Å². The van der Waals surface area contributed by atoms with Gasteiger partial charge in [0.25, 0.3) is 5.89 Å². The minimum Gasteiger partial charge on any atom is -0.492 e. The molecule has 0 saturated carbocycles. The van der Waals surface area contributed by atoms with Gasteiger partial charge in [0, 0.05) is 44.2 Å². The third-order valence-electron chi connectivity index (χ3n) is 6.05. The van der Waals surface area contributed by atoms with E-state index in [2.05, 4.69) is 21.3 Å². The molecule has 1 fully saturated rings. The second kappa shape index (κ2) is 9.72. The normalized spacial score (nSPS) is 17.5. The molecule has 10 nitrogen and oxygen atoms in total. The zero-order valence-electron chi connectivity index (χ0n) is 19.7. The van der Waals surface area contributed by atoms with E-state index in [1.807, 2.05) is 30.9 Å². The van der Waals surface area contributed by atoms with Gasteiger partial charge in [0.05, 0.1) is 25.1 Å². The Balaban J connectivity index is 1.20. The molecule has 1 atom stereocenters. The predicted molar refractivity (Wildman–Crippen MR) is 128 cm³/mol. The zero-order chi connectivity index (χ0) is 24.4. The minimum absolute atomic E-state index is 0.114. The van der Waals surface area contributed by atoms with Gasteiger partial charge in [0.1, 0.15) is 23.7 Å². The molecular weight excluding hydrogens is 450 g/mol. The molecule has 3 aromatic rings. The van der Waals surface area contributed by atoms with Crippen LogP contribution in [0.3, 0.4) is 0 Å². The Morgan fingerprint density at radius 3 is 2.86 bits per heavy atom. The smallest absolute Gasteiger partial charge is 0.266 e. The summed E-state index contributed by atoms with van der Waals surface area (Å²) in [6.45, 7) is 7.17. The number of carbonyl (C=O) groups is 1. The van der Waals surface area contributed by atoms with E-state index in [0.29, 0.717) is 55.9 Å². The van der Waals surface area contributed by atoms with Gasteiger partial charge in [-0.25, -0.2) is 0 Å². The minimum atomic E-state index is -0.122. The maximum Gasteiger partial charge on any atom is 0.266 e. The average molecular weight is 478 g/mol. The van der Waals surface area contributed by atoms with Gasteiger partial charge in [-0.15, -0.1) is 0 Å². The SMILES string of the molecule is CCOc1cc2c(cc1NC(=O)CN1CCN(c3oc(-c4ccco4)nc3C#N)CC1)OC(C)C2. The van der Waals surface area contributed by atoms with Crippen LogP contribution in [0.5, 0.6) is 11.5 Å². The molecule has 2 aliphatic rings. The fourth-order valence-corrected chi connectivity index (χ4v) is 4.42. The van der Waals surface area contributed by atoms with Gasteiger partial charge in [0.15, 0.2) is 5.76 Å². The first-order chi connectivity index (χ1) is 17.0. The number of fused-ring (bicyclic) bond motifs is 1. The number of hydrogen-bond acceptors (Lipinski definition) is 9. The molecule has 35 heavy (non-hydrogen) atoms. The van der Waals surface area contributed by atoms with Crippen LogP contribution >= 0.6 is 0 Å². The largest absolute Gasteiger partial charge is 0.492 e. The fraction of sp³-hybridized carbons (Fsp3) is 0.400. The highest BCUT2D eigenvalue weighted by atomic mass is 16.5. The number of anilines is 2. The van der Waals surface area contributed by atoms with Crippen LogP contribution in [0.4, 0.5) is 11.6 Å². The Hall–Kier alpha value is -3.97. The van der Waals surface area contributed by atoms with Crippen LogP contribution in [0, 0.1) is 11.3 Å². The maximum atomic E-state index is 12.8. The second-order valence-corrected chi connectivity index (χ2v) is 8.59. The molecular formula is C25H27N5O5. The number of nitrogens with one attached hydrogen (secondary N) is 1. The fourth-order valence-electron chi connectivity index (χ4n) is 4.42. The average Bonchev–Trinajstić information content (AvgIpc) is 3.59. The van der Waals surface area contributed by atoms with Crippen LogP contribution in [0.15, 0.2) is 39.4 Å². The predicted octanol–water partition coefficient (Wildman–Crippen LogP) is 3.29. The molecule has 1 amide bonds. The molecule has 1 saturated heterocycles. The lowest BCUT2D eigenvalue weighted by atomic mass is 10.1. The van der Waals surface area contributed by atoms with Crippen LogP contribution in [0.25, 0.3) is 11.7 Å². The Labute approximate surface area is 203 Å². The van der Waals surface area contributed by atoms with Gasteiger partial charge in [-0.3, -0.25) is 9.69 Å². The highest BCUT2D eigenvalue weighted by Gasteiger charge is 2.27. The molecule has 1 unspecified atom stereocenters. The van der Waals surface area contributed by atoms with Crippen LogP contribution in [0.2, 0.25) is 0 Å². The third kappa shape index (κ3) is 4.81. The summed E-state index contributed by atoms with van der Waals surface area (Å²) in [5.41, 5.74) is 1.93. The molecule has 10 heteroatoms. The molecule has 2 aliphatic heterocycles. The van der Waals surface area contributed by atoms with E-state index in [9.17, 15) is 10.1 Å². The molecule has 4 heterocycles. The molecule has 0 aliphatic carbocycles. The van der Waals surface area contributed by atoms with Gasteiger partial charge in [0.2, 0.25) is 17.5 Å². The van der Waals surface area contributed by atoms with Crippen LogP contribution in [-0.4, -0.2) is 61.2 Å². The molecule has 5 rings (SSSR count). The van der Waals surface area contributed by atoms with Crippen molar-refractivity contribution < 1.29 is 23.1 Å². The summed E-state index contributed by atoms with van der Waals surface area (Å²) in [5, 5.41) is 12.5. The van der Waals surface area contributed by atoms with E-state index in [-0.39, 0.29) is 30.1 Å². The standard InChI is InChI=1S/C25H27N5O5/c1-3-32-22-12-17-11-16(2)34-21(17)13-18(22)27-23(31)15-29-6-8-30(9-7-29)25-19(14-26)28-24(35-25)20-5-4-10-33-20/h4-5,10,12-13,16H,3,6-9,11,15H2,1-2H3,(H,27,31). The van der Waals surface area contributed by atoms with Crippen molar-refractivity contribution in [2.75, 3.05) is 49.5 Å². The molecule has 0 bridgehead atoms. The molecule has 0 spiro atoms. The number of carbonyl (C=O) groups excluding carboxylic acids is 1. The summed E-state index contributed by atoms with van der Waals surface area (Å²) in [4.78, 5) is 21.1. The first-order valence-electron chi connectivity index (χ1n) is 11.7. The number of benzene rings is 1. The van der Waals surface area contributed by atoms with Crippen LogP contribution in [-0.2, 0) is 11.2 Å². The second-order valence-electron chi connectivity index (χ2n) is 8.59. The van der Waals surface area contributed by atoms with Crippen molar-refractivity contribution in [1.29, 1.82) is 5.26 Å². The number of nitrogens with zero attached hydrogens (tertiary/aromatic N) is 4. The summed E-state index contributed by atoms with van der Waals surface area (Å²) in [6.07, 6.45) is 2.47. The van der Waals surface area contributed by atoms with Crippen LogP contribution < -0.4 is 19.7 Å². The van der Waals surface area contributed by atoms with Crippen molar-refractivity contribution in [3.8, 4) is 29.2 Å². The Bertz CT molecular complexity index is 1240. The zero-order valence-corrected chi connectivity index (χ0v) is 19.7. The maximum absolute atomic E-state index is 12.8. The highest BCUT2D eigenvalue weighted by molar-refractivity contribution is 5.94. The number of piperazine rings is 1. The summed E-state index contributed by atoms with van der Waals surface area (Å²) in [5.74, 6) is 2.50.